The lowest BCUT2D eigenvalue weighted by Gasteiger charge is -2.33. The topological polar surface area (TPSA) is 108 Å². The van der Waals surface area contributed by atoms with Gasteiger partial charge < -0.3 is 25.4 Å². The van der Waals surface area contributed by atoms with Gasteiger partial charge in [-0.1, -0.05) is 43.7 Å². The first-order valence-corrected chi connectivity index (χ1v) is 12.1. The van der Waals surface area contributed by atoms with Crippen LogP contribution < -0.4 is 10.6 Å². The summed E-state index contributed by atoms with van der Waals surface area (Å²) in [5, 5.41) is 15.3. The largest absolute Gasteiger partial charge is 0.396 e. The minimum atomic E-state index is -1.01. The molecular formula is C25H35N3O5. The fourth-order valence-electron chi connectivity index (χ4n) is 5.99. The van der Waals surface area contributed by atoms with Crippen molar-refractivity contribution in [1.29, 1.82) is 0 Å². The zero-order valence-corrected chi connectivity index (χ0v) is 19.5. The first-order chi connectivity index (χ1) is 15.9. The SMILES string of the molecule is CCCCNC(=O)C1N(CCCO)C(=O)[C@@H]2[C@H](C(=O)NCc3ccccc3)[C@]3(C)CCC12O3. The van der Waals surface area contributed by atoms with Crippen LogP contribution in [0.2, 0.25) is 0 Å². The number of carbonyl (C=O) groups excluding carboxylic acids is 3. The van der Waals surface area contributed by atoms with Crippen LogP contribution in [0.25, 0.3) is 0 Å². The summed E-state index contributed by atoms with van der Waals surface area (Å²) in [5.74, 6) is -2.02. The maximum absolute atomic E-state index is 13.7. The number of unbranched alkanes of at least 4 members (excludes halogenated alkanes) is 1. The molecule has 0 aromatic heterocycles. The van der Waals surface area contributed by atoms with Crippen molar-refractivity contribution in [3.8, 4) is 0 Å². The van der Waals surface area contributed by atoms with Gasteiger partial charge >= 0.3 is 0 Å². The van der Waals surface area contributed by atoms with Crippen molar-refractivity contribution in [3.05, 3.63) is 35.9 Å². The molecule has 3 N–H and O–H groups in total. The normalized spacial score (nSPS) is 32.2. The highest BCUT2D eigenvalue weighted by Gasteiger charge is 2.77. The molecule has 3 amide bonds. The Morgan fingerprint density at radius 3 is 2.61 bits per heavy atom. The van der Waals surface area contributed by atoms with Crippen molar-refractivity contribution < 1.29 is 24.2 Å². The molecule has 1 spiro atoms. The number of benzene rings is 1. The van der Waals surface area contributed by atoms with Gasteiger partial charge in [-0.2, -0.15) is 0 Å². The second kappa shape index (κ2) is 9.43. The molecule has 0 radical (unpaired) electrons. The molecular weight excluding hydrogens is 422 g/mol. The van der Waals surface area contributed by atoms with Crippen LogP contribution in [0.15, 0.2) is 30.3 Å². The van der Waals surface area contributed by atoms with Gasteiger partial charge in [0.05, 0.1) is 17.4 Å². The Labute approximate surface area is 195 Å². The van der Waals surface area contributed by atoms with E-state index in [1.54, 1.807) is 4.90 Å². The third kappa shape index (κ3) is 4.04. The van der Waals surface area contributed by atoms with E-state index >= 15 is 0 Å². The minimum Gasteiger partial charge on any atom is -0.396 e. The lowest BCUT2D eigenvalue weighted by Crippen LogP contribution is -2.55. The van der Waals surface area contributed by atoms with Crippen molar-refractivity contribution in [2.45, 2.75) is 69.7 Å². The van der Waals surface area contributed by atoms with Crippen LogP contribution in [-0.4, -0.2) is 64.7 Å². The van der Waals surface area contributed by atoms with Crippen LogP contribution in [-0.2, 0) is 25.7 Å². The summed E-state index contributed by atoms with van der Waals surface area (Å²) in [5.41, 5.74) is -0.816. The molecule has 0 saturated carbocycles. The number of fused-ring (bicyclic) bond motifs is 1. The Kier molecular flexibility index (Phi) is 6.77. The molecule has 4 rings (SSSR count). The highest BCUT2D eigenvalue weighted by Crippen LogP contribution is 2.63. The van der Waals surface area contributed by atoms with Gasteiger partial charge in [-0.15, -0.1) is 0 Å². The van der Waals surface area contributed by atoms with Crippen LogP contribution in [0, 0.1) is 11.8 Å². The van der Waals surface area contributed by atoms with Gasteiger partial charge in [-0.05, 0) is 38.2 Å². The molecule has 33 heavy (non-hydrogen) atoms. The predicted molar refractivity (Wildman–Crippen MR) is 122 cm³/mol. The fraction of sp³-hybridized carbons (Fsp3) is 0.640. The first-order valence-electron chi connectivity index (χ1n) is 12.1. The average molecular weight is 458 g/mol. The predicted octanol–water partition coefficient (Wildman–Crippen LogP) is 1.37. The highest BCUT2D eigenvalue weighted by molar-refractivity contribution is 5.99. The second-order valence-electron chi connectivity index (χ2n) is 9.68. The molecule has 180 valence electrons. The van der Waals surface area contributed by atoms with Gasteiger partial charge in [0.1, 0.15) is 11.6 Å². The molecule has 1 aromatic carbocycles. The molecule has 2 unspecified atom stereocenters. The molecule has 5 atom stereocenters. The van der Waals surface area contributed by atoms with E-state index in [0.717, 1.165) is 18.4 Å². The van der Waals surface area contributed by atoms with Crippen LogP contribution in [0.5, 0.6) is 0 Å². The van der Waals surface area contributed by atoms with E-state index in [2.05, 4.69) is 17.6 Å². The van der Waals surface area contributed by atoms with E-state index in [1.807, 2.05) is 37.3 Å². The lowest BCUT2D eigenvalue weighted by atomic mass is 9.66. The number of aliphatic hydroxyl groups excluding tert-OH is 1. The van der Waals surface area contributed by atoms with Crippen LogP contribution in [0.1, 0.15) is 51.5 Å². The molecule has 8 nitrogen and oxygen atoms in total. The van der Waals surface area contributed by atoms with Crippen molar-refractivity contribution in [3.63, 3.8) is 0 Å². The number of likely N-dealkylation sites (tertiary alicyclic amines) is 1. The van der Waals surface area contributed by atoms with Crippen molar-refractivity contribution in [2.24, 2.45) is 11.8 Å². The Hall–Kier alpha value is -2.45. The summed E-state index contributed by atoms with van der Waals surface area (Å²) < 4.78 is 6.53. The number of amides is 3. The number of hydrogen-bond donors (Lipinski definition) is 3. The number of nitrogens with one attached hydrogen (secondary N) is 2. The molecule has 1 aromatic rings. The van der Waals surface area contributed by atoms with Gasteiger partial charge in [0, 0.05) is 26.2 Å². The third-order valence-electron chi connectivity index (χ3n) is 7.50. The molecule has 0 aliphatic carbocycles. The molecule has 3 aliphatic heterocycles. The Balaban J connectivity index is 1.60. The summed E-state index contributed by atoms with van der Waals surface area (Å²) in [6, 6.07) is 8.85. The number of rotatable bonds is 10. The lowest BCUT2D eigenvalue weighted by molar-refractivity contribution is -0.146. The molecule has 2 bridgehead atoms. The number of nitrogens with zero attached hydrogens (tertiary/aromatic N) is 1. The highest BCUT2D eigenvalue weighted by atomic mass is 16.5. The van der Waals surface area contributed by atoms with Gasteiger partial charge in [0.2, 0.25) is 17.7 Å². The van der Waals surface area contributed by atoms with Crippen LogP contribution >= 0.6 is 0 Å². The molecule has 3 aliphatic rings. The number of carbonyl (C=O) groups is 3. The first kappa shape index (κ1) is 23.7. The van der Waals surface area contributed by atoms with E-state index in [-0.39, 0.29) is 30.9 Å². The van der Waals surface area contributed by atoms with E-state index in [9.17, 15) is 19.5 Å². The Morgan fingerprint density at radius 2 is 1.91 bits per heavy atom. The third-order valence-corrected chi connectivity index (χ3v) is 7.50. The maximum Gasteiger partial charge on any atom is 0.245 e. The Bertz CT molecular complexity index is 893. The van der Waals surface area contributed by atoms with E-state index in [1.165, 1.54) is 0 Å². The average Bonchev–Trinajstić information content (AvgIpc) is 3.37. The fourth-order valence-corrected chi connectivity index (χ4v) is 5.99. The monoisotopic (exact) mass is 457 g/mol. The summed E-state index contributed by atoms with van der Waals surface area (Å²) in [4.78, 5) is 41.9. The number of hydrogen-bond acceptors (Lipinski definition) is 5. The number of ether oxygens (including phenoxy) is 1. The smallest absolute Gasteiger partial charge is 0.245 e. The van der Waals surface area contributed by atoms with Gasteiger partial charge in [0.25, 0.3) is 0 Å². The van der Waals surface area contributed by atoms with Gasteiger partial charge in [0.15, 0.2) is 0 Å². The summed E-state index contributed by atoms with van der Waals surface area (Å²) in [6.07, 6.45) is 3.35. The summed E-state index contributed by atoms with van der Waals surface area (Å²) in [7, 11) is 0. The van der Waals surface area contributed by atoms with E-state index in [0.29, 0.717) is 32.4 Å². The van der Waals surface area contributed by atoms with Gasteiger partial charge in [-0.3, -0.25) is 14.4 Å². The second-order valence-corrected chi connectivity index (χ2v) is 9.68. The van der Waals surface area contributed by atoms with Crippen LogP contribution in [0.3, 0.4) is 0 Å². The van der Waals surface area contributed by atoms with Crippen molar-refractivity contribution in [1.82, 2.24) is 15.5 Å². The maximum atomic E-state index is 13.7. The summed E-state index contributed by atoms with van der Waals surface area (Å²) in [6.45, 7) is 5.03. The summed E-state index contributed by atoms with van der Waals surface area (Å²) >= 11 is 0. The molecule has 3 fully saturated rings. The van der Waals surface area contributed by atoms with Crippen LogP contribution in [0.4, 0.5) is 0 Å². The van der Waals surface area contributed by atoms with Crippen molar-refractivity contribution >= 4 is 17.7 Å². The van der Waals surface area contributed by atoms with Crippen molar-refractivity contribution in [2.75, 3.05) is 19.7 Å². The Morgan fingerprint density at radius 1 is 1.15 bits per heavy atom. The van der Waals surface area contributed by atoms with E-state index in [4.69, 9.17) is 4.74 Å². The number of aliphatic hydroxyl groups is 1. The van der Waals surface area contributed by atoms with Gasteiger partial charge in [-0.25, -0.2) is 0 Å². The zero-order chi connectivity index (χ0) is 23.6. The molecule has 8 heteroatoms. The molecule has 3 heterocycles. The van der Waals surface area contributed by atoms with E-state index < -0.39 is 29.1 Å². The quantitative estimate of drug-likeness (QED) is 0.460. The standard InChI is InChI=1S/C25H35N3O5/c1-3-4-13-26-22(31)20-25-12-11-24(2,33-25)18(19(25)23(32)28(20)14-8-15-29)21(30)27-16-17-9-6-5-7-10-17/h5-7,9-10,18-20,29H,3-4,8,11-16H2,1-2H3,(H,26,31)(H,27,30)/t18-,19+,20?,24+,25?/m1/s1. The zero-order valence-electron chi connectivity index (χ0n) is 19.5. The minimum absolute atomic E-state index is 0.0782. The molecule has 3 saturated heterocycles.